The Balaban J connectivity index is 1.50. The molecule has 1 aliphatic rings. The van der Waals surface area contributed by atoms with Crippen LogP contribution < -0.4 is 5.32 Å². The summed E-state index contributed by atoms with van der Waals surface area (Å²) in [6.07, 6.45) is 0. The van der Waals surface area contributed by atoms with Crippen LogP contribution in [-0.2, 0) is 5.41 Å². The molecule has 0 saturated carbocycles. The molecule has 0 spiro atoms. The number of anilines is 2. The van der Waals surface area contributed by atoms with Crippen LogP contribution in [0.2, 0.25) is 0 Å². The van der Waals surface area contributed by atoms with Crippen LogP contribution >= 0.6 is 0 Å². The van der Waals surface area contributed by atoms with Crippen molar-refractivity contribution in [3.05, 3.63) is 132 Å². The molecule has 0 atom stereocenters. The van der Waals surface area contributed by atoms with Gasteiger partial charge in [-0.15, -0.1) is 0 Å². The van der Waals surface area contributed by atoms with Crippen LogP contribution in [0, 0.1) is 0 Å². The lowest BCUT2D eigenvalue weighted by Gasteiger charge is -2.27. The molecule has 1 aliphatic carbocycles. The summed E-state index contributed by atoms with van der Waals surface area (Å²) in [6.45, 7) is 4.72. The molecular formula is C33H27N. The Kier molecular flexibility index (Phi) is 4.85. The number of fused-ring (bicyclic) bond motifs is 3. The second kappa shape index (κ2) is 8.04. The molecular weight excluding hydrogens is 410 g/mol. The third-order valence-electron chi connectivity index (χ3n) is 7.04. The van der Waals surface area contributed by atoms with Gasteiger partial charge in [0.05, 0.1) is 0 Å². The molecule has 34 heavy (non-hydrogen) atoms. The second-order valence-corrected chi connectivity index (χ2v) is 9.48. The molecule has 6 rings (SSSR count). The topological polar surface area (TPSA) is 12.0 Å². The Morgan fingerprint density at radius 2 is 0.882 bits per heavy atom. The fourth-order valence-electron chi connectivity index (χ4n) is 5.59. The highest BCUT2D eigenvalue weighted by molar-refractivity contribution is 5.93. The first-order valence-corrected chi connectivity index (χ1v) is 11.9. The standard InChI is InChI=1S/C33H27N/c1-33(2)31-26(24-15-7-4-8-16-24)18-11-19-27(31)28-20-12-22-30(32(28)33)34-29-21-10-9-17-25(29)23-13-5-3-6-14-23/h3-22,34H,1-2H3. The average Bonchev–Trinajstić information content (AvgIpc) is 3.13. The summed E-state index contributed by atoms with van der Waals surface area (Å²) in [5.41, 5.74) is 12.6. The maximum atomic E-state index is 3.82. The SMILES string of the molecule is CC1(C)c2c(Nc3ccccc3-c3ccccc3)cccc2-c2cccc(-c3ccccc3)c21. The highest BCUT2D eigenvalue weighted by atomic mass is 14.9. The van der Waals surface area contributed by atoms with Crippen molar-refractivity contribution in [2.24, 2.45) is 0 Å². The Hall–Kier alpha value is -4.10. The van der Waals surface area contributed by atoms with Gasteiger partial charge in [-0.2, -0.15) is 0 Å². The van der Waals surface area contributed by atoms with Crippen molar-refractivity contribution in [2.45, 2.75) is 19.3 Å². The molecule has 5 aromatic rings. The maximum absolute atomic E-state index is 3.82. The number of rotatable bonds is 4. The molecule has 0 saturated heterocycles. The predicted molar refractivity (Wildman–Crippen MR) is 145 cm³/mol. The zero-order valence-electron chi connectivity index (χ0n) is 19.5. The number of nitrogens with one attached hydrogen (secondary N) is 1. The van der Waals surface area contributed by atoms with E-state index in [0.717, 1.165) is 5.69 Å². The van der Waals surface area contributed by atoms with Crippen LogP contribution in [0.1, 0.15) is 25.0 Å². The number of hydrogen-bond donors (Lipinski definition) is 1. The van der Waals surface area contributed by atoms with Crippen LogP contribution in [0.5, 0.6) is 0 Å². The van der Waals surface area contributed by atoms with E-state index in [4.69, 9.17) is 0 Å². The van der Waals surface area contributed by atoms with Gasteiger partial charge in [0, 0.05) is 22.4 Å². The zero-order valence-corrected chi connectivity index (χ0v) is 19.5. The summed E-state index contributed by atoms with van der Waals surface area (Å²) < 4.78 is 0. The summed E-state index contributed by atoms with van der Waals surface area (Å²) in [6, 6.07) is 43.3. The van der Waals surface area contributed by atoms with E-state index < -0.39 is 0 Å². The van der Waals surface area contributed by atoms with Crippen LogP contribution in [0.25, 0.3) is 33.4 Å². The van der Waals surface area contributed by atoms with Gasteiger partial charge in [0.25, 0.3) is 0 Å². The first kappa shape index (κ1) is 20.5. The molecule has 1 nitrogen and oxygen atoms in total. The highest BCUT2D eigenvalue weighted by Gasteiger charge is 2.39. The van der Waals surface area contributed by atoms with E-state index in [1.54, 1.807) is 0 Å². The molecule has 0 amide bonds. The molecule has 0 unspecified atom stereocenters. The summed E-state index contributed by atoms with van der Waals surface area (Å²) in [5.74, 6) is 0. The lowest BCUT2D eigenvalue weighted by molar-refractivity contribution is 0.664. The summed E-state index contributed by atoms with van der Waals surface area (Å²) in [4.78, 5) is 0. The Morgan fingerprint density at radius 1 is 0.412 bits per heavy atom. The smallest absolute Gasteiger partial charge is 0.0463 e. The van der Waals surface area contributed by atoms with Crippen molar-refractivity contribution in [3.63, 3.8) is 0 Å². The van der Waals surface area contributed by atoms with Gasteiger partial charge in [0.2, 0.25) is 0 Å². The third-order valence-corrected chi connectivity index (χ3v) is 7.04. The molecule has 1 heteroatoms. The van der Waals surface area contributed by atoms with E-state index >= 15 is 0 Å². The van der Waals surface area contributed by atoms with Gasteiger partial charge in [-0.3, -0.25) is 0 Å². The molecule has 0 aliphatic heterocycles. The van der Waals surface area contributed by atoms with Gasteiger partial charge in [0.15, 0.2) is 0 Å². The Labute approximate surface area is 201 Å². The number of hydrogen-bond acceptors (Lipinski definition) is 1. The maximum Gasteiger partial charge on any atom is 0.0463 e. The van der Waals surface area contributed by atoms with Gasteiger partial charge in [-0.05, 0) is 51.1 Å². The van der Waals surface area contributed by atoms with E-state index in [9.17, 15) is 0 Å². The quantitative estimate of drug-likeness (QED) is 0.296. The van der Waals surface area contributed by atoms with Crippen LogP contribution in [0.3, 0.4) is 0 Å². The molecule has 5 aromatic carbocycles. The van der Waals surface area contributed by atoms with Crippen molar-refractivity contribution in [1.29, 1.82) is 0 Å². The normalized spacial score (nSPS) is 13.2. The summed E-state index contributed by atoms with van der Waals surface area (Å²) >= 11 is 0. The molecule has 1 N–H and O–H groups in total. The van der Waals surface area contributed by atoms with Gasteiger partial charge in [0.1, 0.15) is 0 Å². The summed E-state index contributed by atoms with van der Waals surface area (Å²) in [7, 11) is 0. The fraction of sp³-hybridized carbons (Fsp3) is 0.0909. The number of benzene rings is 5. The fourth-order valence-corrected chi connectivity index (χ4v) is 5.59. The molecule has 0 fully saturated rings. The van der Waals surface area contributed by atoms with Gasteiger partial charge >= 0.3 is 0 Å². The van der Waals surface area contributed by atoms with Crippen molar-refractivity contribution in [2.75, 3.05) is 5.32 Å². The van der Waals surface area contributed by atoms with E-state index in [1.807, 2.05) is 0 Å². The van der Waals surface area contributed by atoms with E-state index in [0.29, 0.717) is 0 Å². The molecule has 0 aromatic heterocycles. The lowest BCUT2D eigenvalue weighted by Crippen LogP contribution is -2.18. The first-order valence-electron chi connectivity index (χ1n) is 11.9. The largest absolute Gasteiger partial charge is 0.355 e. The van der Waals surface area contributed by atoms with E-state index in [-0.39, 0.29) is 5.41 Å². The predicted octanol–water partition coefficient (Wildman–Crippen LogP) is 9.07. The minimum Gasteiger partial charge on any atom is -0.355 e. The van der Waals surface area contributed by atoms with Crippen molar-refractivity contribution < 1.29 is 0 Å². The van der Waals surface area contributed by atoms with Crippen LogP contribution in [-0.4, -0.2) is 0 Å². The molecule has 164 valence electrons. The highest BCUT2D eigenvalue weighted by Crippen LogP contribution is 2.54. The van der Waals surface area contributed by atoms with Gasteiger partial charge < -0.3 is 5.32 Å². The monoisotopic (exact) mass is 437 g/mol. The van der Waals surface area contributed by atoms with Gasteiger partial charge in [-0.25, -0.2) is 0 Å². The van der Waals surface area contributed by atoms with Crippen molar-refractivity contribution in [1.82, 2.24) is 0 Å². The van der Waals surface area contributed by atoms with Gasteiger partial charge in [-0.1, -0.05) is 123 Å². The lowest BCUT2D eigenvalue weighted by atomic mass is 9.78. The van der Waals surface area contributed by atoms with E-state index in [1.165, 1.54) is 50.2 Å². The second-order valence-electron chi connectivity index (χ2n) is 9.48. The Bertz CT molecular complexity index is 1480. The molecule has 0 radical (unpaired) electrons. The van der Waals surface area contributed by atoms with Crippen molar-refractivity contribution >= 4 is 11.4 Å². The average molecular weight is 438 g/mol. The van der Waals surface area contributed by atoms with E-state index in [2.05, 4.69) is 140 Å². The minimum absolute atomic E-state index is 0.137. The zero-order chi connectivity index (χ0) is 23.1. The Morgan fingerprint density at radius 3 is 1.59 bits per heavy atom. The van der Waals surface area contributed by atoms with Crippen molar-refractivity contribution in [3.8, 4) is 33.4 Å². The minimum atomic E-state index is -0.137. The van der Waals surface area contributed by atoms with Crippen LogP contribution in [0.15, 0.2) is 121 Å². The summed E-state index contributed by atoms with van der Waals surface area (Å²) in [5, 5.41) is 3.82. The van der Waals surface area contributed by atoms with Crippen LogP contribution in [0.4, 0.5) is 11.4 Å². The first-order chi connectivity index (χ1) is 16.6. The molecule has 0 heterocycles. The number of para-hydroxylation sites is 1. The third kappa shape index (κ3) is 3.24. The molecule has 0 bridgehead atoms.